The van der Waals surface area contributed by atoms with Crippen molar-refractivity contribution < 1.29 is 17.9 Å². The summed E-state index contributed by atoms with van der Waals surface area (Å²) in [5.74, 6) is 0.0855. The highest BCUT2D eigenvalue weighted by Crippen LogP contribution is 2.44. The van der Waals surface area contributed by atoms with Gasteiger partial charge < -0.3 is 9.15 Å². The van der Waals surface area contributed by atoms with Crippen LogP contribution in [-0.4, -0.2) is 56.5 Å². The molecule has 2 saturated heterocycles. The lowest BCUT2D eigenvalue weighted by atomic mass is 9.95. The molecule has 2 aliphatic heterocycles. The van der Waals surface area contributed by atoms with Crippen molar-refractivity contribution in [1.82, 2.24) is 25.1 Å². The van der Waals surface area contributed by atoms with Crippen molar-refractivity contribution in [3.63, 3.8) is 0 Å². The number of alkyl halides is 1. The lowest BCUT2D eigenvalue weighted by Gasteiger charge is -2.30. The number of H-pyrrole nitrogens is 1. The number of hydrogen-bond donors (Lipinski definition) is 1. The summed E-state index contributed by atoms with van der Waals surface area (Å²) < 4.78 is 41.7. The Hall–Kier alpha value is -3.30. The van der Waals surface area contributed by atoms with Crippen LogP contribution in [0.5, 0.6) is 6.01 Å². The number of halogens is 3. The number of nitrogens with one attached hydrogen (secondary N) is 1. The molecule has 5 heterocycles. The molecule has 0 saturated carbocycles. The second kappa shape index (κ2) is 8.10. The predicted molar refractivity (Wildman–Crippen MR) is 137 cm³/mol. The molecule has 37 heavy (non-hydrogen) atoms. The molecule has 0 unspecified atom stereocenters. The van der Waals surface area contributed by atoms with E-state index in [-0.39, 0.29) is 23.7 Å². The number of ether oxygens (including phenoxy) is 1. The van der Waals surface area contributed by atoms with E-state index in [0.29, 0.717) is 51.4 Å². The monoisotopic (exact) mass is 523 g/mol. The van der Waals surface area contributed by atoms with Gasteiger partial charge in [0.1, 0.15) is 29.6 Å². The first-order chi connectivity index (χ1) is 17.8. The molecule has 2 aromatic carbocycles. The maximum Gasteiger partial charge on any atom is 0.317 e. The van der Waals surface area contributed by atoms with Gasteiger partial charge in [0.05, 0.1) is 28.0 Å². The second-order valence-electron chi connectivity index (χ2n) is 10.3. The quantitative estimate of drug-likeness (QED) is 0.298. The number of aromatic amines is 1. The number of hydrogen-bond acceptors (Lipinski definition) is 6. The van der Waals surface area contributed by atoms with E-state index in [2.05, 4.69) is 20.1 Å². The van der Waals surface area contributed by atoms with Gasteiger partial charge in [0.25, 0.3) is 0 Å². The second-order valence-corrected chi connectivity index (χ2v) is 10.7. The maximum absolute atomic E-state index is 15.5. The number of rotatable bonds is 4. The average Bonchev–Trinajstić information content (AvgIpc) is 3.61. The van der Waals surface area contributed by atoms with Crippen LogP contribution in [0.2, 0.25) is 5.02 Å². The first-order valence-electron chi connectivity index (χ1n) is 12.4. The third-order valence-corrected chi connectivity index (χ3v) is 8.35. The van der Waals surface area contributed by atoms with E-state index in [1.54, 1.807) is 6.20 Å². The van der Waals surface area contributed by atoms with Gasteiger partial charge in [0.2, 0.25) is 0 Å². The molecule has 1 N–H and O–H groups in total. The first-order valence-corrected chi connectivity index (χ1v) is 12.8. The van der Waals surface area contributed by atoms with E-state index in [1.165, 1.54) is 6.07 Å². The van der Waals surface area contributed by atoms with Crippen molar-refractivity contribution in [2.24, 2.45) is 0 Å². The molecular formula is C27H24ClF2N5O2. The number of aromatic nitrogens is 4. The molecule has 0 bridgehead atoms. The molecule has 2 aliphatic rings. The van der Waals surface area contributed by atoms with Gasteiger partial charge in [0, 0.05) is 40.8 Å². The minimum Gasteiger partial charge on any atom is -0.461 e. The summed E-state index contributed by atoms with van der Waals surface area (Å²) in [6.07, 6.45) is 3.04. The summed E-state index contributed by atoms with van der Waals surface area (Å²) in [5.41, 5.74) is 2.76. The van der Waals surface area contributed by atoms with Crippen molar-refractivity contribution in [3.8, 4) is 17.3 Å². The van der Waals surface area contributed by atoms with Gasteiger partial charge in [-0.3, -0.25) is 10.00 Å². The standard InChI is InChI=1S/C27H24ClF2N5O2/c1-13-6-19-17(10-31-34-19)21(23(13)28)25-22-16-7-14(2)37-20(16)8-18(30)24(22)32-26(33-25)36-12-27-4-3-5-35(27)11-15(29)9-27/h6-8,10,15H,3-5,9,11-12H2,1-2H3,(H,31,34)/t15-,27+/m1/s1. The van der Waals surface area contributed by atoms with Crippen LogP contribution in [0.3, 0.4) is 0 Å². The van der Waals surface area contributed by atoms with Crippen LogP contribution in [0.1, 0.15) is 30.6 Å². The Bertz CT molecular complexity index is 1720. The Kier molecular flexibility index (Phi) is 5.00. The number of fused-ring (bicyclic) bond motifs is 5. The minimum absolute atomic E-state index is 0.0266. The van der Waals surface area contributed by atoms with E-state index < -0.39 is 12.0 Å². The smallest absolute Gasteiger partial charge is 0.317 e. The highest BCUT2D eigenvalue weighted by atomic mass is 35.5. The van der Waals surface area contributed by atoms with E-state index >= 15 is 4.39 Å². The molecule has 0 radical (unpaired) electrons. The summed E-state index contributed by atoms with van der Waals surface area (Å²) >= 11 is 6.87. The number of benzene rings is 2. The zero-order chi connectivity index (χ0) is 25.5. The molecule has 190 valence electrons. The number of furan rings is 1. The van der Waals surface area contributed by atoms with E-state index in [9.17, 15) is 4.39 Å². The Morgan fingerprint density at radius 1 is 1.24 bits per heavy atom. The van der Waals surface area contributed by atoms with Gasteiger partial charge in [-0.15, -0.1) is 0 Å². The lowest BCUT2D eigenvalue weighted by molar-refractivity contribution is 0.107. The highest BCUT2D eigenvalue weighted by Gasteiger charge is 2.49. The highest BCUT2D eigenvalue weighted by molar-refractivity contribution is 6.36. The molecule has 2 atom stereocenters. The fourth-order valence-corrected chi connectivity index (χ4v) is 6.46. The van der Waals surface area contributed by atoms with Gasteiger partial charge in [-0.2, -0.15) is 15.1 Å². The van der Waals surface area contributed by atoms with E-state index in [4.69, 9.17) is 25.7 Å². The zero-order valence-corrected chi connectivity index (χ0v) is 21.1. The Morgan fingerprint density at radius 3 is 2.97 bits per heavy atom. The van der Waals surface area contributed by atoms with E-state index in [1.807, 2.05) is 26.0 Å². The molecular weight excluding hydrogens is 500 g/mol. The van der Waals surface area contributed by atoms with Crippen LogP contribution < -0.4 is 4.74 Å². The molecule has 2 fully saturated rings. The topological polar surface area (TPSA) is 80.1 Å². The summed E-state index contributed by atoms with van der Waals surface area (Å²) in [5, 5.41) is 9.58. The van der Waals surface area contributed by atoms with Crippen molar-refractivity contribution in [2.45, 2.75) is 44.8 Å². The minimum atomic E-state index is -0.882. The van der Waals surface area contributed by atoms with Gasteiger partial charge in [-0.1, -0.05) is 11.6 Å². The molecule has 7 rings (SSSR count). The predicted octanol–water partition coefficient (Wildman–Crippen LogP) is 6.28. The van der Waals surface area contributed by atoms with Crippen molar-refractivity contribution in [2.75, 3.05) is 19.7 Å². The Balaban J connectivity index is 1.46. The van der Waals surface area contributed by atoms with Gasteiger partial charge >= 0.3 is 6.01 Å². The van der Waals surface area contributed by atoms with Gasteiger partial charge in [-0.25, -0.2) is 8.78 Å². The fourth-order valence-electron chi connectivity index (χ4n) is 6.21. The fraction of sp³-hybridized carbons (Fsp3) is 0.370. The molecule has 0 amide bonds. The molecule has 3 aromatic heterocycles. The SMILES string of the molecule is Cc1cc2c(cc(F)c3nc(OC[C@@]45CCCN4C[C@H](F)C5)nc(-c4c(Cl)c(C)cc5[nH]ncc45)c32)o1. The summed E-state index contributed by atoms with van der Waals surface area (Å²) in [6.45, 7) is 5.19. The third-order valence-electron chi connectivity index (χ3n) is 7.86. The van der Waals surface area contributed by atoms with Crippen LogP contribution in [0, 0.1) is 19.7 Å². The van der Waals surface area contributed by atoms with Crippen molar-refractivity contribution in [3.05, 3.63) is 46.6 Å². The maximum atomic E-state index is 15.5. The van der Waals surface area contributed by atoms with Crippen molar-refractivity contribution in [1.29, 1.82) is 0 Å². The lowest BCUT2D eigenvalue weighted by Crippen LogP contribution is -2.43. The molecule has 10 heteroatoms. The van der Waals surface area contributed by atoms with Crippen LogP contribution in [0.25, 0.3) is 44.0 Å². The van der Waals surface area contributed by atoms with Crippen molar-refractivity contribution >= 4 is 44.4 Å². The van der Waals surface area contributed by atoms with E-state index in [0.717, 1.165) is 35.9 Å². The average molecular weight is 524 g/mol. The summed E-state index contributed by atoms with van der Waals surface area (Å²) in [4.78, 5) is 11.5. The summed E-state index contributed by atoms with van der Waals surface area (Å²) in [7, 11) is 0. The summed E-state index contributed by atoms with van der Waals surface area (Å²) in [6, 6.07) is 5.11. The molecule has 5 aromatic rings. The van der Waals surface area contributed by atoms with Gasteiger partial charge in [0.15, 0.2) is 5.82 Å². The zero-order valence-electron chi connectivity index (χ0n) is 20.4. The van der Waals surface area contributed by atoms with Crippen LogP contribution >= 0.6 is 11.6 Å². The number of aryl methyl sites for hydroxylation is 2. The first kappa shape index (κ1) is 22.9. The van der Waals surface area contributed by atoms with Crippen LogP contribution in [-0.2, 0) is 0 Å². The Morgan fingerprint density at radius 2 is 2.11 bits per heavy atom. The van der Waals surface area contributed by atoms with Crippen LogP contribution in [0.4, 0.5) is 8.78 Å². The normalized spacial score (nSPS) is 22.0. The molecule has 7 nitrogen and oxygen atoms in total. The number of nitrogens with zero attached hydrogens (tertiary/aromatic N) is 4. The van der Waals surface area contributed by atoms with Crippen LogP contribution in [0.15, 0.2) is 28.8 Å². The molecule has 0 aliphatic carbocycles. The van der Waals surface area contributed by atoms with Gasteiger partial charge in [-0.05, 0) is 50.9 Å². The molecule has 0 spiro atoms. The Labute approximate surface area is 215 Å². The largest absolute Gasteiger partial charge is 0.461 e. The third kappa shape index (κ3) is 3.44.